The van der Waals surface area contributed by atoms with Crippen molar-refractivity contribution in [3.63, 3.8) is 0 Å². The average molecular weight is 263 g/mol. The van der Waals surface area contributed by atoms with Crippen LogP contribution in [0.15, 0.2) is 36.7 Å². The van der Waals surface area contributed by atoms with E-state index in [4.69, 9.17) is 5.73 Å². The van der Waals surface area contributed by atoms with Gasteiger partial charge >= 0.3 is 0 Å². The first-order valence-corrected chi connectivity index (χ1v) is 5.49. The normalized spacial score (nSPS) is 10.2. The first-order chi connectivity index (χ1) is 9.08. The Morgan fingerprint density at radius 3 is 2.84 bits per heavy atom. The van der Waals surface area contributed by atoms with Gasteiger partial charge in [0.1, 0.15) is 11.6 Å². The van der Waals surface area contributed by atoms with Gasteiger partial charge in [0.15, 0.2) is 0 Å². The number of rotatable bonds is 4. The third-order valence-electron chi connectivity index (χ3n) is 2.56. The summed E-state index contributed by atoms with van der Waals surface area (Å²) in [6, 6.07) is 4.72. The summed E-state index contributed by atoms with van der Waals surface area (Å²) in [5.41, 5.74) is 5.96. The number of amides is 1. The molecular formula is C13H11F2N3O. The Balaban J connectivity index is 2.19. The van der Waals surface area contributed by atoms with E-state index in [1.165, 1.54) is 18.5 Å². The number of carbonyl (C=O) groups excluding carboxylic acids is 1. The zero-order valence-electron chi connectivity index (χ0n) is 9.86. The number of halogens is 2. The lowest BCUT2D eigenvalue weighted by Crippen LogP contribution is -2.15. The number of nitrogens with one attached hydrogen (secondary N) is 1. The maximum atomic E-state index is 13.4. The van der Waals surface area contributed by atoms with E-state index in [1.807, 2.05) is 0 Å². The predicted molar refractivity (Wildman–Crippen MR) is 66.4 cm³/mol. The maximum Gasteiger partial charge on any atom is 0.252 e. The van der Waals surface area contributed by atoms with Crippen LogP contribution in [-0.2, 0) is 6.54 Å². The highest BCUT2D eigenvalue weighted by molar-refractivity contribution is 5.98. The molecule has 98 valence electrons. The lowest BCUT2D eigenvalue weighted by molar-refractivity contribution is 0.100. The summed E-state index contributed by atoms with van der Waals surface area (Å²) < 4.78 is 26.4. The van der Waals surface area contributed by atoms with Crippen LogP contribution in [-0.4, -0.2) is 10.9 Å². The van der Waals surface area contributed by atoms with Gasteiger partial charge < -0.3 is 11.1 Å². The second-order valence-electron chi connectivity index (χ2n) is 3.87. The highest BCUT2D eigenvalue weighted by Gasteiger charge is 2.09. The SMILES string of the molecule is NC(=O)c1cnccc1NCc1cc(F)ccc1F. The number of nitrogens with two attached hydrogens (primary N) is 1. The van der Waals surface area contributed by atoms with E-state index in [9.17, 15) is 13.6 Å². The summed E-state index contributed by atoms with van der Waals surface area (Å²) in [4.78, 5) is 14.9. The quantitative estimate of drug-likeness (QED) is 0.887. The molecule has 0 unspecified atom stereocenters. The standard InChI is InChI=1S/C13H11F2N3O/c14-9-1-2-11(15)8(5-9)6-18-12-3-4-17-7-10(12)13(16)19/h1-5,7H,6H2,(H2,16,19)(H,17,18). The van der Waals surface area contributed by atoms with E-state index in [0.717, 1.165) is 18.2 Å². The number of aromatic nitrogens is 1. The van der Waals surface area contributed by atoms with Crippen LogP contribution in [0.25, 0.3) is 0 Å². The van der Waals surface area contributed by atoms with Gasteiger partial charge in [0.25, 0.3) is 5.91 Å². The predicted octanol–water partition coefficient (Wildman–Crippen LogP) is 2.07. The van der Waals surface area contributed by atoms with Gasteiger partial charge in [0.2, 0.25) is 0 Å². The Kier molecular flexibility index (Phi) is 3.70. The van der Waals surface area contributed by atoms with Gasteiger partial charge in [-0.25, -0.2) is 8.78 Å². The van der Waals surface area contributed by atoms with Crippen molar-refractivity contribution in [1.82, 2.24) is 4.98 Å². The number of hydrogen-bond donors (Lipinski definition) is 2. The molecule has 6 heteroatoms. The average Bonchev–Trinajstić information content (AvgIpc) is 2.40. The number of carbonyl (C=O) groups is 1. The zero-order chi connectivity index (χ0) is 13.8. The van der Waals surface area contributed by atoms with Crippen LogP contribution in [0.1, 0.15) is 15.9 Å². The van der Waals surface area contributed by atoms with Crippen molar-refractivity contribution in [3.8, 4) is 0 Å². The molecule has 0 spiro atoms. The molecule has 1 aromatic carbocycles. The Morgan fingerprint density at radius 1 is 1.32 bits per heavy atom. The Hall–Kier alpha value is -2.50. The third-order valence-corrected chi connectivity index (χ3v) is 2.56. The van der Waals surface area contributed by atoms with Crippen LogP contribution < -0.4 is 11.1 Å². The summed E-state index contributed by atoms with van der Waals surface area (Å²) in [6.07, 6.45) is 2.78. The summed E-state index contributed by atoms with van der Waals surface area (Å²) >= 11 is 0. The van der Waals surface area contributed by atoms with Crippen LogP contribution in [0.5, 0.6) is 0 Å². The van der Waals surface area contributed by atoms with Crippen molar-refractivity contribution < 1.29 is 13.6 Å². The molecule has 3 N–H and O–H groups in total. The lowest BCUT2D eigenvalue weighted by Gasteiger charge is -2.10. The Bertz CT molecular complexity index is 617. The molecule has 0 fully saturated rings. The van der Waals surface area contributed by atoms with Crippen molar-refractivity contribution in [1.29, 1.82) is 0 Å². The molecule has 1 heterocycles. The molecule has 0 bridgehead atoms. The van der Waals surface area contributed by atoms with Gasteiger partial charge in [0, 0.05) is 24.5 Å². The van der Waals surface area contributed by atoms with E-state index in [1.54, 1.807) is 0 Å². The van der Waals surface area contributed by atoms with Crippen LogP contribution >= 0.6 is 0 Å². The largest absolute Gasteiger partial charge is 0.380 e. The number of nitrogens with zero attached hydrogens (tertiary/aromatic N) is 1. The van der Waals surface area contributed by atoms with E-state index in [-0.39, 0.29) is 17.7 Å². The minimum absolute atomic E-state index is 0.0356. The Labute approximate surface area is 108 Å². The monoisotopic (exact) mass is 263 g/mol. The van der Waals surface area contributed by atoms with E-state index in [0.29, 0.717) is 5.69 Å². The molecule has 0 aliphatic carbocycles. The van der Waals surface area contributed by atoms with Crippen molar-refractivity contribution in [3.05, 3.63) is 59.4 Å². The molecular weight excluding hydrogens is 252 g/mol. The molecule has 0 saturated heterocycles. The molecule has 2 rings (SSSR count). The minimum atomic E-state index is -0.643. The summed E-state index contributed by atoms with van der Waals surface area (Å²) in [5, 5.41) is 2.83. The molecule has 0 radical (unpaired) electrons. The van der Waals surface area contributed by atoms with Gasteiger partial charge in [-0.2, -0.15) is 0 Å². The van der Waals surface area contributed by atoms with Crippen LogP contribution in [0.3, 0.4) is 0 Å². The van der Waals surface area contributed by atoms with Crippen LogP contribution in [0.2, 0.25) is 0 Å². The highest BCUT2D eigenvalue weighted by atomic mass is 19.1. The molecule has 2 aromatic rings. The van der Waals surface area contributed by atoms with E-state index >= 15 is 0 Å². The fourth-order valence-corrected chi connectivity index (χ4v) is 1.61. The number of benzene rings is 1. The molecule has 4 nitrogen and oxygen atoms in total. The maximum absolute atomic E-state index is 13.4. The van der Waals surface area contributed by atoms with Crippen molar-refractivity contribution in [2.45, 2.75) is 6.54 Å². The molecule has 1 aromatic heterocycles. The molecule has 0 aliphatic heterocycles. The fourth-order valence-electron chi connectivity index (χ4n) is 1.61. The van der Waals surface area contributed by atoms with Crippen molar-refractivity contribution >= 4 is 11.6 Å². The van der Waals surface area contributed by atoms with Gasteiger partial charge in [-0.1, -0.05) is 0 Å². The number of anilines is 1. The molecule has 0 aliphatic rings. The van der Waals surface area contributed by atoms with Crippen LogP contribution in [0, 0.1) is 11.6 Å². The molecule has 0 saturated carbocycles. The summed E-state index contributed by atoms with van der Waals surface area (Å²) in [5.74, 6) is -1.69. The van der Waals surface area contributed by atoms with Crippen LogP contribution in [0.4, 0.5) is 14.5 Å². The summed E-state index contributed by atoms with van der Waals surface area (Å²) in [7, 11) is 0. The summed E-state index contributed by atoms with van der Waals surface area (Å²) in [6.45, 7) is 0.0356. The van der Waals surface area contributed by atoms with Crippen molar-refractivity contribution in [2.75, 3.05) is 5.32 Å². The van der Waals surface area contributed by atoms with Gasteiger partial charge in [-0.15, -0.1) is 0 Å². The fraction of sp³-hybridized carbons (Fsp3) is 0.0769. The van der Waals surface area contributed by atoms with E-state index < -0.39 is 17.5 Å². The zero-order valence-corrected chi connectivity index (χ0v) is 9.86. The van der Waals surface area contributed by atoms with Gasteiger partial charge in [-0.3, -0.25) is 9.78 Å². The second kappa shape index (κ2) is 5.43. The first-order valence-electron chi connectivity index (χ1n) is 5.49. The number of primary amides is 1. The molecule has 0 atom stereocenters. The Morgan fingerprint density at radius 2 is 2.11 bits per heavy atom. The smallest absolute Gasteiger partial charge is 0.252 e. The molecule has 19 heavy (non-hydrogen) atoms. The lowest BCUT2D eigenvalue weighted by atomic mass is 10.2. The first kappa shape index (κ1) is 12.9. The molecule has 1 amide bonds. The third kappa shape index (κ3) is 3.04. The minimum Gasteiger partial charge on any atom is -0.380 e. The number of pyridine rings is 1. The number of hydrogen-bond acceptors (Lipinski definition) is 3. The van der Waals surface area contributed by atoms with E-state index in [2.05, 4.69) is 10.3 Å². The van der Waals surface area contributed by atoms with Gasteiger partial charge in [0.05, 0.1) is 11.3 Å². The van der Waals surface area contributed by atoms with Gasteiger partial charge in [-0.05, 0) is 24.3 Å². The highest BCUT2D eigenvalue weighted by Crippen LogP contribution is 2.16. The van der Waals surface area contributed by atoms with Crippen molar-refractivity contribution in [2.24, 2.45) is 5.73 Å². The second-order valence-corrected chi connectivity index (χ2v) is 3.87. The topological polar surface area (TPSA) is 68.0 Å².